The van der Waals surface area contributed by atoms with E-state index in [0.29, 0.717) is 11.8 Å². The number of aromatic hydroxyl groups is 1. The van der Waals surface area contributed by atoms with Gasteiger partial charge in [0.25, 0.3) is 0 Å². The molecule has 0 aliphatic heterocycles. The predicted molar refractivity (Wildman–Crippen MR) is 99.2 cm³/mol. The highest BCUT2D eigenvalue weighted by Gasteiger charge is 2.16. The van der Waals surface area contributed by atoms with E-state index in [2.05, 4.69) is 24.3 Å². The Bertz CT molecular complexity index is 914. The number of aryl methyl sites for hydroxylation is 1. The zero-order chi connectivity index (χ0) is 17.3. The molecule has 4 heteroatoms. The first-order valence-electron chi connectivity index (χ1n) is 7.71. The number of rotatable bonds is 4. The van der Waals surface area contributed by atoms with Gasteiger partial charge in [-0.15, -0.1) is 11.8 Å². The van der Waals surface area contributed by atoms with Crippen LogP contribution in [-0.4, -0.2) is 22.4 Å². The van der Waals surface area contributed by atoms with E-state index in [9.17, 15) is 15.0 Å². The van der Waals surface area contributed by atoms with Gasteiger partial charge in [0.1, 0.15) is 5.75 Å². The highest BCUT2D eigenvalue weighted by molar-refractivity contribution is 7.98. The maximum atomic E-state index is 11.5. The molecule has 0 fully saturated rings. The van der Waals surface area contributed by atoms with E-state index in [1.807, 2.05) is 31.4 Å². The number of hydrogen-bond donors (Lipinski definition) is 2. The Balaban J connectivity index is 2.23. The second-order valence-corrected chi connectivity index (χ2v) is 6.45. The molecule has 0 atom stereocenters. The number of phenols is 1. The Morgan fingerprint density at radius 1 is 1.00 bits per heavy atom. The van der Waals surface area contributed by atoms with Crippen LogP contribution in [0.1, 0.15) is 22.8 Å². The van der Waals surface area contributed by atoms with Crippen molar-refractivity contribution in [1.29, 1.82) is 0 Å². The summed E-state index contributed by atoms with van der Waals surface area (Å²) < 4.78 is 0. The van der Waals surface area contributed by atoms with Crippen LogP contribution in [0.4, 0.5) is 0 Å². The molecule has 0 saturated heterocycles. The van der Waals surface area contributed by atoms with Crippen LogP contribution in [0.3, 0.4) is 0 Å². The van der Waals surface area contributed by atoms with Crippen molar-refractivity contribution in [1.82, 2.24) is 0 Å². The highest BCUT2D eigenvalue weighted by Crippen LogP contribution is 2.34. The predicted octanol–water partition coefficient (Wildman–Crippen LogP) is 5.19. The average molecular weight is 338 g/mol. The number of fused-ring (bicyclic) bond motifs is 1. The van der Waals surface area contributed by atoms with Crippen molar-refractivity contribution in [2.75, 3.05) is 6.26 Å². The summed E-state index contributed by atoms with van der Waals surface area (Å²) >= 11 is 1.69. The zero-order valence-electron chi connectivity index (χ0n) is 13.5. The van der Waals surface area contributed by atoms with Crippen LogP contribution in [0, 0.1) is 0 Å². The van der Waals surface area contributed by atoms with Crippen molar-refractivity contribution >= 4 is 28.5 Å². The Morgan fingerprint density at radius 2 is 1.67 bits per heavy atom. The molecule has 0 radical (unpaired) electrons. The fourth-order valence-electron chi connectivity index (χ4n) is 3.00. The number of aromatic carboxylic acids is 1. The Morgan fingerprint density at radius 3 is 2.25 bits per heavy atom. The number of carboxylic acid groups (broad SMARTS) is 1. The van der Waals surface area contributed by atoms with Crippen LogP contribution in [0.5, 0.6) is 5.75 Å². The van der Waals surface area contributed by atoms with Crippen LogP contribution in [0.15, 0.2) is 53.4 Å². The average Bonchev–Trinajstić information content (AvgIpc) is 2.61. The summed E-state index contributed by atoms with van der Waals surface area (Å²) in [5.41, 5.74) is 2.99. The van der Waals surface area contributed by atoms with E-state index in [4.69, 9.17) is 0 Å². The first kappa shape index (κ1) is 16.4. The molecule has 2 N–H and O–H groups in total. The third kappa shape index (κ3) is 2.85. The van der Waals surface area contributed by atoms with Crippen molar-refractivity contribution in [2.24, 2.45) is 0 Å². The van der Waals surface area contributed by atoms with Gasteiger partial charge < -0.3 is 10.2 Å². The maximum Gasteiger partial charge on any atom is 0.336 e. The zero-order valence-corrected chi connectivity index (χ0v) is 14.4. The molecule has 0 saturated carbocycles. The summed E-state index contributed by atoms with van der Waals surface area (Å²) in [6, 6.07) is 15.4. The number of phenolic OH excluding ortho intramolecular Hbond substituents is 1. The van der Waals surface area contributed by atoms with E-state index < -0.39 is 5.97 Å². The molecule has 0 heterocycles. The van der Waals surface area contributed by atoms with Crippen LogP contribution in [0.2, 0.25) is 0 Å². The van der Waals surface area contributed by atoms with Crippen molar-refractivity contribution in [3.8, 4) is 16.9 Å². The highest BCUT2D eigenvalue weighted by atomic mass is 32.2. The molecule has 0 unspecified atom stereocenters. The number of thioether (sulfide) groups is 1. The van der Waals surface area contributed by atoms with E-state index in [0.717, 1.165) is 22.1 Å². The topological polar surface area (TPSA) is 57.5 Å². The van der Waals surface area contributed by atoms with Gasteiger partial charge in [-0.1, -0.05) is 31.2 Å². The Labute approximate surface area is 145 Å². The van der Waals surface area contributed by atoms with E-state index in [1.54, 1.807) is 11.8 Å². The molecule has 0 aliphatic carbocycles. The molecule has 122 valence electrons. The van der Waals surface area contributed by atoms with Gasteiger partial charge in [0.15, 0.2) is 0 Å². The second-order valence-electron chi connectivity index (χ2n) is 5.57. The lowest BCUT2D eigenvalue weighted by Crippen LogP contribution is -2.02. The Kier molecular flexibility index (Phi) is 4.49. The lowest BCUT2D eigenvalue weighted by Gasteiger charge is -2.12. The minimum Gasteiger partial charge on any atom is -0.507 e. The fraction of sp³-hybridized carbons (Fsp3) is 0.150. The SMILES string of the molecule is CCc1c(C(=O)O)cc(O)c2ccc(-c3ccc(SC)cc3)cc12. The van der Waals surface area contributed by atoms with E-state index >= 15 is 0 Å². The third-order valence-corrected chi connectivity index (χ3v) is 4.98. The van der Waals surface area contributed by atoms with Gasteiger partial charge in [-0.3, -0.25) is 0 Å². The van der Waals surface area contributed by atoms with Crippen molar-refractivity contribution in [2.45, 2.75) is 18.2 Å². The number of benzene rings is 3. The van der Waals surface area contributed by atoms with Gasteiger partial charge in [-0.25, -0.2) is 4.79 Å². The van der Waals surface area contributed by atoms with Crippen molar-refractivity contribution < 1.29 is 15.0 Å². The minimum atomic E-state index is -1.02. The van der Waals surface area contributed by atoms with Gasteiger partial charge in [-0.2, -0.15) is 0 Å². The monoisotopic (exact) mass is 338 g/mol. The standard InChI is InChI=1S/C20H18O3S/c1-3-15-17-10-13(12-4-7-14(24-2)8-5-12)6-9-16(17)19(21)11-18(15)20(22)23/h4-11,21H,3H2,1-2H3,(H,22,23). The third-order valence-electron chi connectivity index (χ3n) is 4.23. The van der Waals surface area contributed by atoms with Gasteiger partial charge in [0.05, 0.1) is 5.56 Å². The van der Waals surface area contributed by atoms with Crippen LogP contribution >= 0.6 is 11.8 Å². The number of carbonyl (C=O) groups is 1. The molecule has 3 aromatic rings. The largest absolute Gasteiger partial charge is 0.507 e. The molecule has 0 aliphatic rings. The molecule has 0 amide bonds. The molecule has 0 aromatic heterocycles. The first-order valence-corrected chi connectivity index (χ1v) is 8.94. The summed E-state index contributed by atoms with van der Waals surface area (Å²) in [5.74, 6) is -1.01. The van der Waals surface area contributed by atoms with E-state index in [1.165, 1.54) is 11.0 Å². The molecule has 3 nitrogen and oxygen atoms in total. The van der Waals surface area contributed by atoms with Crippen LogP contribution < -0.4 is 0 Å². The Hall–Kier alpha value is -2.46. The van der Waals surface area contributed by atoms with Crippen LogP contribution in [-0.2, 0) is 6.42 Å². The molecular formula is C20H18O3S. The summed E-state index contributed by atoms with van der Waals surface area (Å²) in [6.45, 7) is 1.93. The van der Waals surface area contributed by atoms with Gasteiger partial charge >= 0.3 is 5.97 Å². The molecular weight excluding hydrogens is 320 g/mol. The lowest BCUT2D eigenvalue weighted by molar-refractivity contribution is 0.0695. The van der Waals surface area contributed by atoms with Crippen LogP contribution in [0.25, 0.3) is 21.9 Å². The van der Waals surface area contributed by atoms with Crippen molar-refractivity contribution in [3.63, 3.8) is 0 Å². The minimum absolute atomic E-state index is 0.00359. The van der Waals surface area contributed by atoms with Gasteiger partial charge in [0, 0.05) is 10.3 Å². The lowest BCUT2D eigenvalue weighted by atomic mass is 9.93. The second kappa shape index (κ2) is 6.57. The maximum absolute atomic E-state index is 11.5. The number of carboxylic acids is 1. The number of hydrogen-bond acceptors (Lipinski definition) is 3. The summed E-state index contributed by atoms with van der Waals surface area (Å²) in [6.07, 6.45) is 2.63. The fourth-order valence-corrected chi connectivity index (χ4v) is 3.41. The van der Waals surface area contributed by atoms with Crippen molar-refractivity contribution in [3.05, 3.63) is 59.7 Å². The summed E-state index contributed by atoms with van der Waals surface area (Å²) in [4.78, 5) is 12.7. The van der Waals surface area contributed by atoms with E-state index in [-0.39, 0.29) is 11.3 Å². The first-order chi connectivity index (χ1) is 11.5. The molecule has 24 heavy (non-hydrogen) atoms. The molecule has 0 spiro atoms. The smallest absolute Gasteiger partial charge is 0.336 e. The summed E-state index contributed by atoms with van der Waals surface area (Å²) in [7, 11) is 0. The summed E-state index contributed by atoms with van der Waals surface area (Å²) in [5, 5.41) is 21.1. The quantitative estimate of drug-likeness (QED) is 0.642. The molecule has 3 rings (SSSR count). The normalized spacial score (nSPS) is 10.9. The molecule has 3 aromatic carbocycles. The van der Waals surface area contributed by atoms with Gasteiger partial charge in [-0.05, 0) is 59.0 Å². The molecule has 0 bridgehead atoms. The van der Waals surface area contributed by atoms with Gasteiger partial charge in [0.2, 0.25) is 0 Å².